The highest BCUT2D eigenvalue weighted by molar-refractivity contribution is 5.80. The van der Waals surface area contributed by atoms with Crippen molar-refractivity contribution in [2.24, 2.45) is 0 Å². The van der Waals surface area contributed by atoms with E-state index in [1.165, 1.54) is 167 Å². The van der Waals surface area contributed by atoms with Crippen LogP contribution in [0.15, 0.2) is 97.2 Å². The quantitative estimate of drug-likeness (QED) is 0.0195. The van der Waals surface area contributed by atoms with Gasteiger partial charge in [0.15, 0.2) is 12.4 Å². The van der Waals surface area contributed by atoms with E-state index in [0.29, 0.717) is 12.8 Å². The molecule has 1 fully saturated rings. The lowest BCUT2D eigenvalue weighted by Crippen LogP contribution is -2.61. The number of aliphatic hydroxyl groups excluding tert-OH is 5. The van der Waals surface area contributed by atoms with Gasteiger partial charge in [0, 0.05) is 6.42 Å². The summed E-state index contributed by atoms with van der Waals surface area (Å²) in [6.45, 7) is 5.75. The van der Waals surface area contributed by atoms with Crippen LogP contribution >= 0.6 is 0 Å². The molecule has 8 unspecified atom stereocenters. The van der Waals surface area contributed by atoms with Crippen molar-refractivity contribution in [2.75, 3.05) is 13.2 Å². The maximum Gasteiger partial charge on any atom is 0.306 e. The van der Waals surface area contributed by atoms with Crippen LogP contribution in [0, 0.1) is 0 Å². The number of hydrogen-bond donors (Lipinski definition) is 6. The van der Waals surface area contributed by atoms with E-state index in [4.69, 9.17) is 14.2 Å². The standard InChI is InChI=1S/C76H133NO10/c1-4-7-10-13-16-19-22-25-27-29-31-33-34-35-36-37-39-41-43-46-49-52-55-58-61-64-71(81)87-74-73(83)72(82)70(65-78)86-76(74)85-66-67(68(79)62-59-56-53-50-47-44-24-21-18-15-12-9-6-3)77-75(84)69(80)63-60-57-54-51-48-45-42-40-38-32-30-28-26-23-20-17-14-11-8-5-2/h16-17,19-20,25-28,31-33,38,42,45,59,62,67-70,72-74,76,78-80,82-83H,4-15,18,21-24,29-30,34-37,39-41,43-44,46-58,60-61,63-66H2,1-3H3,(H,77,84)/b19-16-,20-17-,27-25-,28-26-,33-31-,38-32-,45-42-,62-59+. The molecule has 11 heteroatoms. The van der Waals surface area contributed by atoms with Gasteiger partial charge in [0.1, 0.15) is 24.4 Å². The molecule has 1 heterocycles. The van der Waals surface area contributed by atoms with Crippen LogP contribution < -0.4 is 5.32 Å². The van der Waals surface area contributed by atoms with E-state index in [1.807, 2.05) is 6.08 Å². The number of carbonyl (C=O) groups is 2. The van der Waals surface area contributed by atoms with Crippen LogP contribution in [0.25, 0.3) is 0 Å². The first kappa shape index (κ1) is 81.6. The molecule has 1 saturated heterocycles. The molecule has 87 heavy (non-hydrogen) atoms. The van der Waals surface area contributed by atoms with Gasteiger partial charge >= 0.3 is 5.97 Å². The van der Waals surface area contributed by atoms with Crippen molar-refractivity contribution in [2.45, 2.75) is 359 Å². The summed E-state index contributed by atoms with van der Waals surface area (Å²) in [6, 6.07) is -1.04. The lowest BCUT2D eigenvalue weighted by atomic mass is 9.99. The summed E-state index contributed by atoms with van der Waals surface area (Å²) < 4.78 is 17.7. The van der Waals surface area contributed by atoms with Gasteiger partial charge in [0.2, 0.25) is 5.91 Å². The van der Waals surface area contributed by atoms with E-state index in [9.17, 15) is 35.1 Å². The number of hydrogen-bond acceptors (Lipinski definition) is 10. The fraction of sp³-hybridized carbons (Fsp3) is 0.763. The molecule has 6 N–H and O–H groups in total. The number of ether oxygens (including phenoxy) is 3. The van der Waals surface area contributed by atoms with Crippen molar-refractivity contribution in [3.63, 3.8) is 0 Å². The third-order valence-electron chi connectivity index (χ3n) is 16.5. The number of amides is 1. The van der Waals surface area contributed by atoms with E-state index in [0.717, 1.165) is 96.3 Å². The first-order valence-electron chi connectivity index (χ1n) is 36.0. The second-order valence-electron chi connectivity index (χ2n) is 24.6. The third-order valence-corrected chi connectivity index (χ3v) is 16.5. The molecule has 0 aromatic heterocycles. The van der Waals surface area contributed by atoms with Crippen molar-refractivity contribution in [3.05, 3.63) is 97.2 Å². The molecule has 8 atom stereocenters. The highest BCUT2D eigenvalue weighted by Crippen LogP contribution is 2.26. The van der Waals surface area contributed by atoms with Crippen LogP contribution in [0.2, 0.25) is 0 Å². The number of nitrogens with one attached hydrogen (secondary N) is 1. The molecule has 0 saturated carbocycles. The summed E-state index contributed by atoms with van der Waals surface area (Å²) in [5.41, 5.74) is 0. The Hall–Kier alpha value is -3.42. The van der Waals surface area contributed by atoms with Gasteiger partial charge in [-0.25, -0.2) is 0 Å². The van der Waals surface area contributed by atoms with Crippen molar-refractivity contribution in [3.8, 4) is 0 Å². The highest BCUT2D eigenvalue weighted by atomic mass is 16.7. The third kappa shape index (κ3) is 50.0. The Labute approximate surface area is 533 Å². The molecule has 1 aliphatic rings. The van der Waals surface area contributed by atoms with Crippen molar-refractivity contribution < 1.29 is 49.3 Å². The molecule has 11 nitrogen and oxygen atoms in total. The Morgan fingerprint density at radius 1 is 0.448 bits per heavy atom. The van der Waals surface area contributed by atoms with E-state index in [2.05, 4.69) is 111 Å². The molecular weight excluding hydrogens is 1090 g/mol. The zero-order chi connectivity index (χ0) is 63.1. The number of rotatable bonds is 61. The minimum atomic E-state index is -1.62. The molecule has 1 rings (SSSR count). The first-order chi connectivity index (χ1) is 42.7. The van der Waals surface area contributed by atoms with Crippen LogP contribution in [0.4, 0.5) is 0 Å². The van der Waals surface area contributed by atoms with Gasteiger partial charge in [-0.05, 0) is 109 Å². The molecule has 0 bridgehead atoms. The molecular formula is C76H133NO10. The zero-order valence-corrected chi connectivity index (χ0v) is 55.9. The van der Waals surface area contributed by atoms with E-state index >= 15 is 0 Å². The van der Waals surface area contributed by atoms with Gasteiger partial charge in [0.25, 0.3) is 0 Å². The van der Waals surface area contributed by atoms with Gasteiger partial charge in [-0.15, -0.1) is 0 Å². The second-order valence-corrected chi connectivity index (χ2v) is 24.6. The largest absolute Gasteiger partial charge is 0.454 e. The summed E-state index contributed by atoms with van der Waals surface area (Å²) in [5, 5.41) is 57.3. The highest BCUT2D eigenvalue weighted by Gasteiger charge is 2.47. The van der Waals surface area contributed by atoms with E-state index < -0.39 is 67.4 Å². The van der Waals surface area contributed by atoms with Gasteiger partial charge in [-0.3, -0.25) is 9.59 Å². The minimum absolute atomic E-state index is 0.115. The Kier molecular flexibility index (Phi) is 58.9. The Balaban J connectivity index is 2.60. The predicted molar refractivity (Wildman–Crippen MR) is 365 cm³/mol. The van der Waals surface area contributed by atoms with Crippen molar-refractivity contribution in [1.29, 1.82) is 0 Å². The van der Waals surface area contributed by atoms with Crippen LogP contribution in [0.5, 0.6) is 0 Å². The van der Waals surface area contributed by atoms with Crippen molar-refractivity contribution >= 4 is 11.9 Å². The molecule has 0 aliphatic carbocycles. The maximum atomic E-state index is 13.5. The fourth-order valence-electron chi connectivity index (χ4n) is 10.8. The second kappa shape index (κ2) is 62.8. The number of allylic oxidation sites excluding steroid dienone is 15. The van der Waals surface area contributed by atoms with Gasteiger partial charge in [0.05, 0.1) is 25.4 Å². The van der Waals surface area contributed by atoms with E-state index in [1.54, 1.807) is 6.08 Å². The van der Waals surface area contributed by atoms with E-state index in [-0.39, 0.29) is 19.4 Å². The average Bonchev–Trinajstić information content (AvgIpc) is 1.52. The Morgan fingerprint density at radius 3 is 1.21 bits per heavy atom. The predicted octanol–water partition coefficient (Wildman–Crippen LogP) is 18.6. The molecule has 502 valence electrons. The molecule has 0 spiro atoms. The summed E-state index contributed by atoms with van der Waals surface area (Å²) >= 11 is 0. The number of esters is 1. The Morgan fingerprint density at radius 2 is 0.793 bits per heavy atom. The van der Waals surface area contributed by atoms with Crippen LogP contribution in [0.3, 0.4) is 0 Å². The zero-order valence-electron chi connectivity index (χ0n) is 55.9. The SMILES string of the molecule is CCCCC/C=C\C/C=C\C/C=C\C/C=C\CCCCCCC(O)C(=O)NC(COC1OC(CO)C(O)C(O)C1OC(=O)CCCCCCCCCCCCCC/C=C\C/C=C\C/C=C\CCCCC)C(O)/C=C/CCCCCCCCCCCCC. The molecule has 0 aromatic carbocycles. The minimum Gasteiger partial charge on any atom is -0.454 e. The van der Waals surface area contributed by atoms with Gasteiger partial charge < -0.3 is 45.1 Å². The van der Waals surface area contributed by atoms with Crippen LogP contribution in [0.1, 0.15) is 310 Å². The Bertz CT molecular complexity index is 1790. The summed E-state index contributed by atoms with van der Waals surface area (Å²) in [7, 11) is 0. The van der Waals surface area contributed by atoms with Crippen LogP contribution in [-0.4, -0.2) is 99.6 Å². The van der Waals surface area contributed by atoms with Gasteiger partial charge in [-0.1, -0.05) is 291 Å². The molecule has 1 amide bonds. The maximum absolute atomic E-state index is 13.5. The average molecular weight is 1220 g/mol. The fourth-order valence-corrected chi connectivity index (χ4v) is 10.8. The summed E-state index contributed by atoms with van der Waals surface area (Å²) in [4.78, 5) is 26.7. The lowest BCUT2D eigenvalue weighted by Gasteiger charge is -2.41. The number of unbranched alkanes of at least 4 members (excludes halogenated alkanes) is 33. The monoisotopic (exact) mass is 1220 g/mol. The van der Waals surface area contributed by atoms with Gasteiger partial charge in [-0.2, -0.15) is 0 Å². The topological polar surface area (TPSA) is 175 Å². The summed E-state index contributed by atoms with van der Waals surface area (Å²) in [5.74, 6) is -1.21. The normalized spacial score (nSPS) is 18.8. The first-order valence-corrected chi connectivity index (χ1v) is 36.0. The molecule has 0 aromatic rings. The molecule has 0 radical (unpaired) electrons. The number of carbonyl (C=O) groups excluding carboxylic acids is 2. The number of aliphatic hydroxyl groups is 5. The molecule has 1 aliphatic heterocycles. The smallest absolute Gasteiger partial charge is 0.306 e. The lowest BCUT2D eigenvalue weighted by molar-refractivity contribution is -0.305. The summed E-state index contributed by atoms with van der Waals surface area (Å²) in [6.07, 6.45) is 74.3. The van der Waals surface area contributed by atoms with Crippen LogP contribution in [-0.2, 0) is 23.8 Å². The van der Waals surface area contributed by atoms with Crippen molar-refractivity contribution in [1.82, 2.24) is 5.32 Å².